The lowest BCUT2D eigenvalue weighted by atomic mass is 10.1. The Morgan fingerprint density at radius 3 is 2.29 bits per heavy atom. The van der Waals surface area contributed by atoms with Crippen LogP contribution in [0.25, 0.3) is 11.3 Å². The molecule has 1 aromatic heterocycles. The first kappa shape index (κ1) is 8.94. The minimum Gasteiger partial charge on any atom is -0.361 e. The molecule has 0 atom stereocenters. The topological polar surface area (TPSA) is 26.0 Å². The first-order chi connectivity index (χ1) is 6.68. The lowest BCUT2D eigenvalue weighted by Gasteiger charge is -1.96. The predicted octanol–water partition coefficient (Wildman–Crippen LogP) is 3.10. The summed E-state index contributed by atoms with van der Waals surface area (Å²) in [4.78, 5) is 0. The van der Waals surface area contributed by atoms with Crippen molar-refractivity contribution in [3.63, 3.8) is 0 Å². The minimum absolute atomic E-state index is 0.244. The maximum atomic E-state index is 12.7. The third-order valence-corrected chi connectivity index (χ3v) is 2.27. The number of rotatable bonds is 1. The molecule has 0 saturated carbocycles. The van der Waals surface area contributed by atoms with Crippen LogP contribution < -0.4 is 0 Å². The molecule has 72 valence electrons. The quantitative estimate of drug-likeness (QED) is 0.692. The minimum atomic E-state index is -0.244. The van der Waals surface area contributed by atoms with E-state index in [1.54, 1.807) is 12.1 Å². The van der Waals surface area contributed by atoms with Gasteiger partial charge >= 0.3 is 0 Å². The zero-order valence-corrected chi connectivity index (χ0v) is 8.04. The van der Waals surface area contributed by atoms with E-state index in [0.717, 1.165) is 22.6 Å². The summed E-state index contributed by atoms with van der Waals surface area (Å²) in [6, 6.07) is 6.22. The van der Waals surface area contributed by atoms with Crippen LogP contribution >= 0.6 is 0 Å². The van der Waals surface area contributed by atoms with Gasteiger partial charge in [-0.1, -0.05) is 5.16 Å². The lowest BCUT2D eigenvalue weighted by molar-refractivity contribution is 0.398. The SMILES string of the molecule is Cc1onc(-c2ccc(F)cc2)c1C. The van der Waals surface area contributed by atoms with E-state index >= 15 is 0 Å². The lowest BCUT2D eigenvalue weighted by Crippen LogP contribution is -1.81. The van der Waals surface area contributed by atoms with Gasteiger partial charge in [0, 0.05) is 11.1 Å². The third-order valence-electron chi connectivity index (χ3n) is 2.27. The van der Waals surface area contributed by atoms with Crippen molar-refractivity contribution in [3.8, 4) is 11.3 Å². The summed E-state index contributed by atoms with van der Waals surface area (Å²) in [5.74, 6) is 0.552. The Balaban J connectivity index is 2.49. The number of hydrogen-bond acceptors (Lipinski definition) is 2. The third kappa shape index (κ3) is 1.41. The molecular formula is C11H10FNO. The highest BCUT2D eigenvalue weighted by molar-refractivity contribution is 5.62. The zero-order chi connectivity index (χ0) is 10.1. The van der Waals surface area contributed by atoms with Gasteiger partial charge in [0.25, 0.3) is 0 Å². The van der Waals surface area contributed by atoms with Crippen LogP contribution in [0.1, 0.15) is 11.3 Å². The van der Waals surface area contributed by atoms with Crippen molar-refractivity contribution in [2.24, 2.45) is 0 Å². The molecule has 1 heterocycles. The summed E-state index contributed by atoms with van der Waals surface area (Å²) in [5, 5.41) is 3.92. The smallest absolute Gasteiger partial charge is 0.137 e. The van der Waals surface area contributed by atoms with Crippen molar-refractivity contribution in [1.29, 1.82) is 0 Å². The molecule has 0 unspecified atom stereocenters. The molecule has 0 saturated heterocycles. The summed E-state index contributed by atoms with van der Waals surface area (Å²) in [7, 11) is 0. The summed E-state index contributed by atoms with van der Waals surface area (Å²) in [6.07, 6.45) is 0. The first-order valence-corrected chi connectivity index (χ1v) is 4.37. The highest BCUT2D eigenvalue weighted by atomic mass is 19.1. The molecule has 2 rings (SSSR count). The van der Waals surface area contributed by atoms with Crippen molar-refractivity contribution in [3.05, 3.63) is 41.4 Å². The van der Waals surface area contributed by atoms with E-state index in [0.29, 0.717) is 0 Å². The molecule has 0 bridgehead atoms. The van der Waals surface area contributed by atoms with Gasteiger partial charge in [-0.3, -0.25) is 0 Å². The maximum Gasteiger partial charge on any atom is 0.137 e. The fraction of sp³-hybridized carbons (Fsp3) is 0.182. The molecule has 0 aliphatic heterocycles. The van der Waals surface area contributed by atoms with Gasteiger partial charge in [-0.25, -0.2) is 4.39 Å². The molecule has 0 radical (unpaired) electrons. The Morgan fingerprint density at radius 1 is 1.14 bits per heavy atom. The van der Waals surface area contributed by atoms with Gasteiger partial charge in [-0.2, -0.15) is 0 Å². The van der Waals surface area contributed by atoms with E-state index in [1.807, 2.05) is 13.8 Å². The number of aromatic nitrogens is 1. The van der Waals surface area contributed by atoms with E-state index in [1.165, 1.54) is 12.1 Å². The maximum absolute atomic E-state index is 12.7. The number of nitrogens with zero attached hydrogens (tertiary/aromatic N) is 1. The van der Waals surface area contributed by atoms with Gasteiger partial charge in [0.1, 0.15) is 17.3 Å². The Morgan fingerprint density at radius 2 is 1.79 bits per heavy atom. The Bertz CT molecular complexity index is 445. The highest BCUT2D eigenvalue weighted by Crippen LogP contribution is 2.23. The summed E-state index contributed by atoms with van der Waals surface area (Å²) >= 11 is 0. The van der Waals surface area contributed by atoms with Crippen LogP contribution in [-0.4, -0.2) is 5.16 Å². The Kier molecular flexibility index (Phi) is 2.08. The van der Waals surface area contributed by atoms with Crippen LogP contribution in [0, 0.1) is 19.7 Å². The van der Waals surface area contributed by atoms with E-state index in [-0.39, 0.29) is 5.82 Å². The Labute approximate surface area is 81.3 Å². The second kappa shape index (κ2) is 3.25. The molecule has 0 N–H and O–H groups in total. The molecule has 0 aliphatic rings. The van der Waals surface area contributed by atoms with Crippen LogP contribution in [-0.2, 0) is 0 Å². The normalized spacial score (nSPS) is 10.5. The molecule has 0 aliphatic carbocycles. The molecule has 14 heavy (non-hydrogen) atoms. The summed E-state index contributed by atoms with van der Waals surface area (Å²) < 4.78 is 17.7. The summed E-state index contributed by atoms with van der Waals surface area (Å²) in [5.41, 5.74) is 2.65. The van der Waals surface area contributed by atoms with Gasteiger partial charge < -0.3 is 4.52 Å². The average molecular weight is 191 g/mol. The number of aryl methyl sites for hydroxylation is 1. The molecule has 1 aromatic carbocycles. The fourth-order valence-electron chi connectivity index (χ4n) is 1.29. The van der Waals surface area contributed by atoms with Crippen LogP contribution in [0.5, 0.6) is 0 Å². The van der Waals surface area contributed by atoms with Crippen LogP contribution in [0.4, 0.5) is 4.39 Å². The standard InChI is InChI=1S/C11H10FNO/c1-7-8(2)14-13-11(7)9-3-5-10(12)6-4-9/h3-6H,1-2H3. The number of halogens is 1. The molecule has 0 spiro atoms. The van der Waals surface area contributed by atoms with E-state index in [4.69, 9.17) is 4.52 Å². The van der Waals surface area contributed by atoms with Crippen molar-refractivity contribution < 1.29 is 8.91 Å². The first-order valence-electron chi connectivity index (χ1n) is 4.37. The Hall–Kier alpha value is -1.64. The van der Waals surface area contributed by atoms with Crippen LogP contribution in [0.2, 0.25) is 0 Å². The van der Waals surface area contributed by atoms with Gasteiger partial charge in [0.2, 0.25) is 0 Å². The van der Waals surface area contributed by atoms with Crippen molar-refractivity contribution >= 4 is 0 Å². The van der Waals surface area contributed by atoms with Crippen molar-refractivity contribution in [2.45, 2.75) is 13.8 Å². The number of hydrogen-bond donors (Lipinski definition) is 0. The largest absolute Gasteiger partial charge is 0.361 e. The van der Waals surface area contributed by atoms with Gasteiger partial charge in [0.15, 0.2) is 0 Å². The molecule has 2 aromatic rings. The molecule has 3 heteroatoms. The molecular weight excluding hydrogens is 181 g/mol. The van der Waals surface area contributed by atoms with Crippen LogP contribution in [0.3, 0.4) is 0 Å². The second-order valence-corrected chi connectivity index (χ2v) is 3.22. The van der Waals surface area contributed by atoms with E-state index in [9.17, 15) is 4.39 Å². The molecule has 0 fully saturated rings. The monoisotopic (exact) mass is 191 g/mol. The van der Waals surface area contributed by atoms with Gasteiger partial charge in [-0.05, 0) is 38.1 Å². The van der Waals surface area contributed by atoms with E-state index < -0.39 is 0 Å². The van der Waals surface area contributed by atoms with Crippen molar-refractivity contribution in [2.75, 3.05) is 0 Å². The average Bonchev–Trinajstić information content (AvgIpc) is 2.50. The second-order valence-electron chi connectivity index (χ2n) is 3.22. The van der Waals surface area contributed by atoms with E-state index in [2.05, 4.69) is 5.16 Å². The van der Waals surface area contributed by atoms with Crippen molar-refractivity contribution in [1.82, 2.24) is 5.16 Å². The zero-order valence-electron chi connectivity index (χ0n) is 8.04. The van der Waals surface area contributed by atoms with Gasteiger partial charge in [0.05, 0.1) is 0 Å². The summed E-state index contributed by atoms with van der Waals surface area (Å²) in [6.45, 7) is 3.79. The predicted molar refractivity (Wildman–Crippen MR) is 51.4 cm³/mol. The number of benzene rings is 1. The van der Waals surface area contributed by atoms with Crippen LogP contribution in [0.15, 0.2) is 28.8 Å². The molecule has 2 nitrogen and oxygen atoms in total. The van der Waals surface area contributed by atoms with Gasteiger partial charge in [-0.15, -0.1) is 0 Å². The highest BCUT2D eigenvalue weighted by Gasteiger charge is 2.09. The molecule has 0 amide bonds. The fourth-order valence-corrected chi connectivity index (χ4v) is 1.29.